The molecule has 0 unspecified atom stereocenters. The van der Waals surface area contributed by atoms with E-state index >= 15 is 0 Å². The summed E-state index contributed by atoms with van der Waals surface area (Å²) < 4.78 is 24.7. The van der Waals surface area contributed by atoms with Gasteiger partial charge in [-0.05, 0) is 42.8 Å². The number of nitrogens with one attached hydrogen (secondary N) is 1. The molecule has 0 atom stereocenters. The molecule has 10 heteroatoms. The van der Waals surface area contributed by atoms with Crippen LogP contribution in [0.5, 0.6) is 5.75 Å². The van der Waals surface area contributed by atoms with Gasteiger partial charge in [0.2, 0.25) is 0 Å². The fourth-order valence-electron chi connectivity index (χ4n) is 2.77. The minimum Gasteiger partial charge on any atom is -0.469 e. The van der Waals surface area contributed by atoms with Gasteiger partial charge in [-0.2, -0.15) is 0 Å². The molecule has 3 rings (SSSR count). The quantitative estimate of drug-likeness (QED) is 0.237. The third-order valence-electron chi connectivity index (χ3n) is 4.49. The SMILES string of the molecule is COC(=O)CCCN(C)c1nc2ccc(C(=O)Oc3ccc(C(=N)N)cc3F)cc2s1. The number of thiazole rings is 1. The van der Waals surface area contributed by atoms with E-state index in [1.165, 1.54) is 30.6 Å². The molecular weight excluding hydrogens is 423 g/mol. The Labute approximate surface area is 181 Å². The molecule has 1 aromatic heterocycles. The van der Waals surface area contributed by atoms with Gasteiger partial charge in [0.1, 0.15) is 5.84 Å². The monoisotopic (exact) mass is 444 g/mol. The molecule has 0 aliphatic rings. The number of halogens is 1. The number of nitrogen functional groups attached to an aromatic ring is 1. The lowest BCUT2D eigenvalue weighted by Crippen LogP contribution is -2.19. The van der Waals surface area contributed by atoms with E-state index in [2.05, 4.69) is 9.72 Å². The van der Waals surface area contributed by atoms with Crippen LogP contribution in [0, 0.1) is 11.2 Å². The summed E-state index contributed by atoms with van der Waals surface area (Å²) in [5.41, 5.74) is 6.50. The normalized spacial score (nSPS) is 10.7. The number of anilines is 1. The summed E-state index contributed by atoms with van der Waals surface area (Å²) >= 11 is 1.40. The summed E-state index contributed by atoms with van der Waals surface area (Å²) in [6, 6.07) is 8.61. The second kappa shape index (κ2) is 9.52. The lowest BCUT2D eigenvalue weighted by molar-refractivity contribution is -0.140. The van der Waals surface area contributed by atoms with Gasteiger partial charge < -0.3 is 20.1 Å². The highest BCUT2D eigenvalue weighted by Gasteiger charge is 2.16. The molecule has 0 spiro atoms. The summed E-state index contributed by atoms with van der Waals surface area (Å²) in [7, 11) is 3.23. The lowest BCUT2D eigenvalue weighted by Gasteiger charge is -2.14. The molecule has 31 heavy (non-hydrogen) atoms. The molecule has 0 fully saturated rings. The predicted molar refractivity (Wildman–Crippen MR) is 117 cm³/mol. The largest absolute Gasteiger partial charge is 0.469 e. The van der Waals surface area contributed by atoms with Crippen molar-refractivity contribution in [2.24, 2.45) is 5.73 Å². The molecule has 162 valence electrons. The van der Waals surface area contributed by atoms with E-state index in [9.17, 15) is 14.0 Å². The fourth-order valence-corrected chi connectivity index (χ4v) is 3.76. The molecule has 0 saturated heterocycles. The number of nitrogens with two attached hydrogens (primary N) is 1. The number of rotatable bonds is 8. The number of methoxy groups -OCH3 is 1. The first-order valence-corrected chi connectivity index (χ1v) is 10.1. The van der Waals surface area contributed by atoms with Crippen LogP contribution in [-0.4, -0.2) is 43.5 Å². The van der Waals surface area contributed by atoms with Crippen LogP contribution in [0.15, 0.2) is 36.4 Å². The zero-order chi connectivity index (χ0) is 22.5. The van der Waals surface area contributed by atoms with Gasteiger partial charge in [0.15, 0.2) is 16.7 Å². The Kier molecular flexibility index (Phi) is 6.81. The summed E-state index contributed by atoms with van der Waals surface area (Å²) in [4.78, 5) is 30.2. The Morgan fingerprint density at radius 3 is 2.65 bits per heavy atom. The number of hydrogen-bond donors (Lipinski definition) is 2. The van der Waals surface area contributed by atoms with Crippen LogP contribution >= 0.6 is 11.3 Å². The van der Waals surface area contributed by atoms with Crippen molar-refractivity contribution in [1.29, 1.82) is 5.41 Å². The third kappa shape index (κ3) is 5.34. The van der Waals surface area contributed by atoms with Crippen molar-refractivity contribution in [3.05, 3.63) is 53.3 Å². The van der Waals surface area contributed by atoms with Gasteiger partial charge in [0.05, 0.1) is 22.9 Å². The molecule has 2 aromatic carbocycles. The Hall–Kier alpha value is -3.53. The lowest BCUT2D eigenvalue weighted by atomic mass is 10.2. The highest BCUT2D eigenvalue weighted by Crippen LogP contribution is 2.29. The van der Waals surface area contributed by atoms with E-state index in [0.29, 0.717) is 24.9 Å². The van der Waals surface area contributed by atoms with Crippen LogP contribution < -0.4 is 15.4 Å². The molecule has 0 aliphatic heterocycles. The molecule has 0 bridgehead atoms. The molecule has 0 saturated carbocycles. The van der Waals surface area contributed by atoms with Gasteiger partial charge in [-0.25, -0.2) is 14.2 Å². The van der Waals surface area contributed by atoms with E-state index in [1.807, 2.05) is 11.9 Å². The number of carbonyl (C=O) groups is 2. The zero-order valence-corrected chi connectivity index (χ0v) is 17.8. The van der Waals surface area contributed by atoms with E-state index in [1.54, 1.807) is 18.2 Å². The number of ether oxygens (including phenoxy) is 2. The van der Waals surface area contributed by atoms with Crippen molar-refractivity contribution < 1.29 is 23.5 Å². The molecule has 0 radical (unpaired) electrons. The number of carbonyl (C=O) groups excluding carboxylic acids is 2. The van der Waals surface area contributed by atoms with Crippen molar-refractivity contribution in [3.8, 4) is 5.75 Å². The van der Waals surface area contributed by atoms with Crippen LogP contribution in [0.25, 0.3) is 10.2 Å². The van der Waals surface area contributed by atoms with Crippen LogP contribution in [0.1, 0.15) is 28.8 Å². The second-order valence-corrected chi connectivity index (χ2v) is 7.74. The van der Waals surface area contributed by atoms with Gasteiger partial charge in [0, 0.05) is 25.6 Å². The van der Waals surface area contributed by atoms with E-state index < -0.39 is 11.8 Å². The number of aromatic nitrogens is 1. The van der Waals surface area contributed by atoms with Crippen LogP contribution in [-0.2, 0) is 9.53 Å². The third-order valence-corrected chi connectivity index (χ3v) is 5.62. The van der Waals surface area contributed by atoms with Gasteiger partial charge in [-0.3, -0.25) is 10.2 Å². The van der Waals surface area contributed by atoms with Crippen LogP contribution in [0.2, 0.25) is 0 Å². The molecule has 3 aromatic rings. The minimum absolute atomic E-state index is 0.201. The second-order valence-electron chi connectivity index (χ2n) is 6.73. The van der Waals surface area contributed by atoms with E-state index in [-0.39, 0.29) is 28.7 Å². The number of nitrogens with zero attached hydrogens (tertiary/aromatic N) is 2. The Morgan fingerprint density at radius 1 is 1.23 bits per heavy atom. The smallest absolute Gasteiger partial charge is 0.343 e. The average Bonchev–Trinajstić information content (AvgIpc) is 3.18. The van der Waals surface area contributed by atoms with Crippen molar-refractivity contribution in [2.75, 3.05) is 25.6 Å². The fraction of sp³-hybridized carbons (Fsp3) is 0.238. The van der Waals surface area contributed by atoms with Gasteiger partial charge in [-0.1, -0.05) is 11.3 Å². The maximum Gasteiger partial charge on any atom is 0.343 e. The Balaban J connectivity index is 1.71. The topological polar surface area (TPSA) is 119 Å². The van der Waals surface area contributed by atoms with E-state index in [0.717, 1.165) is 15.9 Å². The maximum absolute atomic E-state index is 14.1. The summed E-state index contributed by atoms with van der Waals surface area (Å²) in [5.74, 6) is -2.27. The summed E-state index contributed by atoms with van der Waals surface area (Å²) in [5, 5.41) is 8.07. The average molecular weight is 444 g/mol. The standard InChI is InChI=1S/C21H21FN4O4S/c1-26(9-3-4-18(27)29-2)21-25-15-7-5-13(11-17(15)31-21)20(28)30-16-8-6-12(19(23)24)10-14(16)22/h5-8,10-11H,3-4,9H2,1-2H3,(H3,23,24). The predicted octanol–water partition coefficient (Wildman–Crippen LogP) is 3.33. The number of esters is 2. The van der Waals surface area contributed by atoms with Gasteiger partial charge in [-0.15, -0.1) is 0 Å². The highest BCUT2D eigenvalue weighted by atomic mass is 32.1. The molecule has 3 N–H and O–H groups in total. The molecular formula is C21H21FN4O4S. The zero-order valence-electron chi connectivity index (χ0n) is 17.0. The summed E-state index contributed by atoms with van der Waals surface area (Å²) in [6.07, 6.45) is 0.955. The molecule has 0 amide bonds. The van der Waals surface area contributed by atoms with Gasteiger partial charge in [0.25, 0.3) is 0 Å². The number of amidine groups is 1. The number of fused-ring (bicyclic) bond motifs is 1. The minimum atomic E-state index is -0.782. The van der Waals surface area contributed by atoms with Crippen molar-refractivity contribution >= 4 is 44.5 Å². The first-order chi connectivity index (χ1) is 14.8. The Morgan fingerprint density at radius 2 is 1.97 bits per heavy atom. The van der Waals surface area contributed by atoms with Crippen LogP contribution in [0.3, 0.4) is 0 Å². The van der Waals surface area contributed by atoms with Gasteiger partial charge >= 0.3 is 11.9 Å². The molecule has 1 heterocycles. The van der Waals surface area contributed by atoms with E-state index in [4.69, 9.17) is 15.9 Å². The maximum atomic E-state index is 14.1. The van der Waals surface area contributed by atoms with Crippen molar-refractivity contribution in [2.45, 2.75) is 12.8 Å². The van der Waals surface area contributed by atoms with Crippen LogP contribution in [0.4, 0.5) is 9.52 Å². The molecule has 0 aliphatic carbocycles. The number of benzene rings is 2. The Bertz CT molecular complexity index is 1150. The first kappa shape index (κ1) is 22.2. The summed E-state index contributed by atoms with van der Waals surface area (Å²) in [6.45, 7) is 0.624. The molecule has 8 nitrogen and oxygen atoms in total. The first-order valence-electron chi connectivity index (χ1n) is 9.33. The highest BCUT2D eigenvalue weighted by molar-refractivity contribution is 7.22. The van der Waals surface area contributed by atoms with Crippen molar-refractivity contribution in [3.63, 3.8) is 0 Å². The number of hydrogen-bond acceptors (Lipinski definition) is 8. The van der Waals surface area contributed by atoms with Crippen molar-refractivity contribution in [1.82, 2.24) is 4.98 Å².